The van der Waals surface area contributed by atoms with Crippen LogP contribution in [0, 0.1) is 0 Å². The largest absolute Gasteiger partial charge is 0.454 e. The molecule has 2 aromatic carbocycles. The number of hydrogen-bond donors (Lipinski definition) is 0. The summed E-state index contributed by atoms with van der Waals surface area (Å²) in [4.78, 5) is 7.15. The molecule has 1 aromatic heterocycles. The Balaban J connectivity index is 1.44. The Kier molecular flexibility index (Phi) is 3.95. The van der Waals surface area contributed by atoms with Crippen molar-refractivity contribution in [2.24, 2.45) is 0 Å². The van der Waals surface area contributed by atoms with Gasteiger partial charge in [0, 0.05) is 36.8 Å². The van der Waals surface area contributed by atoms with Crippen LogP contribution in [0.15, 0.2) is 36.5 Å². The molecule has 1 saturated heterocycles. The minimum absolute atomic E-state index is 0.252. The summed E-state index contributed by atoms with van der Waals surface area (Å²) in [5.74, 6) is 3.09. The van der Waals surface area contributed by atoms with E-state index in [0.717, 1.165) is 77.9 Å². The summed E-state index contributed by atoms with van der Waals surface area (Å²) in [7, 11) is 0. The van der Waals surface area contributed by atoms with Gasteiger partial charge in [0.05, 0.1) is 18.9 Å². The highest BCUT2D eigenvalue weighted by Crippen LogP contribution is 2.42. The molecule has 6 rings (SSSR count). The van der Waals surface area contributed by atoms with Gasteiger partial charge >= 0.3 is 0 Å². The molecule has 0 amide bonds. The lowest BCUT2D eigenvalue weighted by molar-refractivity contribution is 0.0342. The third kappa shape index (κ3) is 2.94. The molecule has 0 aliphatic carbocycles. The number of nitrogens with zero attached hydrogens (tertiary/aromatic N) is 2. The minimum Gasteiger partial charge on any atom is -0.454 e. The third-order valence-electron chi connectivity index (χ3n) is 5.61. The molecule has 0 bridgehead atoms. The fraction of sp³-hybridized carbons (Fsp3) is 0.318. The molecular weight excluding hydrogens is 372 g/mol. The van der Waals surface area contributed by atoms with Crippen molar-refractivity contribution in [2.45, 2.75) is 6.54 Å². The van der Waals surface area contributed by atoms with E-state index < -0.39 is 0 Å². The van der Waals surface area contributed by atoms with Gasteiger partial charge in [-0.3, -0.25) is 9.88 Å². The molecule has 0 spiro atoms. The Hall–Kier alpha value is -3.03. The van der Waals surface area contributed by atoms with E-state index in [1.807, 2.05) is 24.4 Å². The van der Waals surface area contributed by atoms with Crippen LogP contribution in [-0.2, 0) is 11.3 Å². The monoisotopic (exact) mass is 392 g/mol. The van der Waals surface area contributed by atoms with Crippen molar-refractivity contribution in [1.29, 1.82) is 0 Å². The second kappa shape index (κ2) is 6.79. The number of fused-ring (bicyclic) bond motifs is 4. The van der Waals surface area contributed by atoms with E-state index in [4.69, 9.17) is 28.7 Å². The molecule has 7 nitrogen and oxygen atoms in total. The van der Waals surface area contributed by atoms with Crippen LogP contribution >= 0.6 is 0 Å². The van der Waals surface area contributed by atoms with Crippen LogP contribution in [0.2, 0.25) is 0 Å². The molecule has 0 radical (unpaired) electrons. The van der Waals surface area contributed by atoms with Gasteiger partial charge in [0.2, 0.25) is 13.6 Å². The molecule has 1 fully saturated rings. The van der Waals surface area contributed by atoms with E-state index in [1.54, 1.807) is 0 Å². The summed E-state index contributed by atoms with van der Waals surface area (Å²) < 4.78 is 27.9. The quantitative estimate of drug-likeness (QED) is 0.678. The Morgan fingerprint density at radius 2 is 1.66 bits per heavy atom. The van der Waals surface area contributed by atoms with Crippen LogP contribution in [0.5, 0.6) is 23.0 Å². The molecule has 4 heterocycles. The maximum absolute atomic E-state index is 5.63. The van der Waals surface area contributed by atoms with Crippen molar-refractivity contribution in [3.63, 3.8) is 0 Å². The number of morpholine rings is 1. The van der Waals surface area contributed by atoms with E-state index in [2.05, 4.69) is 17.0 Å². The number of pyridine rings is 1. The zero-order chi connectivity index (χ0) is 19.2. The molecule has 0 N–H and O–H groups in total. The highest BCUT2D eigenvalue weighted by Gasteiger charge is 2.22. The Morgan fingerprint density at radius 3 is 2.55 bits per heavy atom. The number of aromatic nitrogens is 1. The van der Waals surface area contributed by atoms with E-state index in [-0.39, 0.29) is 13.6 Å². The maximum atomic E-state index is 5.63. The number of hydrogen-bond acceptors (Lipinski definition) is 7. The third-order valence-corrected chi connectivity index (χ3v) is 5.61. The van der Waals surface area contributed by atoms with Gasteiger partial charge < -0.3 is 23.7 Å². The van der Waals surface area contributed by atoms with E-state index in [0.29, 0.717) is 0 Å². The van der Waals surface area contributed by atoms with Crippen molar-refractivity contribution in [3.05, 3.63) is 42.1 Å². The van der Waals surface area contributed by atoms with Crippen molar-refractivity contribution in [2.75, 3.05) is 39.9 Å². The van der Waals surface area contributed by atoms with Gasteiger partial charge in [-0.25, -0.2) is 0 Å². The molecule has 29 heavy (non-hydrogen) atoms. The van der Waals surface area contributed by atoms with Crippen LogP contribution in [0.1, 0.15) is 5.56 Å². The van der Waals surface area contributed by atoms with Gasteiger partial charge in [-0.15, -0.1) is 0 Å². The Morgan fingerprint density at radius 1 is 0.862 bits per heavy atom. The van der Waals surface area contributed by atoms with Crippen molar-refractivity contribution < 1.29 is 23.7 Å². The first kappa shape index (κ1) is 16.9. The minimum atomic E-state index is 0.252. The average Bonchev–Trinajstić information content (AvgIpc) is 3.42. The molecule has 0 atom stereocenters. The molecule has 0 saturated carbocycles. The van der Waals surface area contributed by atoms with Gasteiger partial charge in [0.25, 0.3) is 0 Å². The topological polar surface area (TPSA) is 62.3 Å². The average molecular weight is 392 g/mol. The van der Waals surface area contributed by atoms with Gasteiger partial charge in [-0.1, -0.05) is 6.07 Å². The predicted octanol–water partition coefficient (Wildman–Crippen LogP) is 3.19. The second-order valence-corrected chi connectivity index (χ2v) is 7.34. The molecule has 3 aromatic rings. The first-order valence-electron chi connectivity index (χ1n) is 9.76. The highest BCUT2D eigenvalue weighted by molar-refractivity contribution is 5.93. The summed E-state index contributed by atoms with van der Waals surface area (Å²) in [6.45, 7) is 4.69. The molecule has 3 aliphatic heterocycles. The molecule has 0 unspecified atom stereocenters. The second-order valence-electron chi connectivity index (χ2n) is 7.34. The number of ether oxygens (including phenoxy) is 5. The SMILES string of the molecule is c1c(CN2CCOCC2)c(-c2cc3ccc4c(c3cn2)OCO4)cc2c1OCO2. The maximum Gasteiger partial charge on any atom is 0.231 e. The van der Waals surface area contributed by atoms with Crippen LogP contribution < -0.4 is 18.9 Å². The van der Waals surface area contributed by atoms with Crippen LogP contribution in [0.25, 0.3) is 22.0 Å². The molecular formula is C22H20N2O5. The molecule has 3 aliphatic rings. The summed E-state index contributed by atoms with van der Waals surface area (Å²) >= 11 is 0. The van der Waals surface area contributed by atoms with Crippen molar-refractivity contribution in [3.8, 4) is 34.3 Å². The smallest absolute Gasteiger partial charge is 0.231 e. The predicted molar refractivity (Wildman–Crippen MR) is 106 cm³/mol. The van der Waals surface area contributed by atoms with Gasteiger partial charge in [0.15, 0.2) is 23.0 Å². The normalized spacial score (nSPS) is 17.8. The van der Waals surface area contributed by atoms with Crippen LogP contribution in [-0.4, -0.2) is 49.8 Å². The lowest BCUT2D eigenvalue weighted by Crippen LogP contribution is -2.35. The number of benzene rings is 2. The number of rotatable bonds is 3. The first-order chi connectivity index (χ1) is 14.3. The van der Waals surface area contributed by atoms with E-state index in [9.17, 15) is 0 Å². The summed E-state index contributed by atoms with van der Waals surface area (Å²) in [6, 6.07) is 10.2. The Bertz CT molecular complexity index is 1090. The summed E-state index contributed by atoms with van der Waals surface area (Å²) in [5.41, 5.74) is 3.13. The van der Waals surface area contributed by atoms with Crippen LogP contribution in [0.3, 0.4) is 0 Å². The summed E-state index contributed by atoms with van der Waals surface area (Å²) in [6.07, 6.45) is 1.86. The van der Waals surface area contributed by atoms with Crippen LogP contribution in [0.4, 0.5) is 0 Å². The van der Waals surface area contributed by atoms with Gasteiger partial charge in [-0.2, -0.15) is 0 Å². The molecule has 148 valence electrons. The highest BCUT2D eigenvalue weighted by atomic mass is 16.7. The Labute approximate surface area is 167 Å². The zero-order valence-corrected chi connectivity index (χ0v) is 15.8. The van der Waals surface area contributed by atoms with Gasteiger partial charge in [0.1, 0.15) is 0 Å². The fourth-order valence-electron chi connectivity index (χ4n) is 4.09. The lowest BCUT2D eigenvalue weighted by Gasteiger charge is -2.27. The standard InChI is InChI=1S/C22H20N2O5/c1-2-19-22(29-13-26-19)17-10-23-18(7-14(1)17)16-9-21-20(27-12-28-21)8-15(16)11-24-3-5-25-6-4-24/h1-2,7-10H,3-6,11-13H2. The van der Waals surface area contributed by atoms with Gasteiger partial charge in [-0.05, 0) is 35.2 Å². The van der Waals surface area contributed by atoms with E-state index >= 15 is 0 Å². The zero-order valence-electron chi connectivity index (χ0n) is 15.8. The first-order valence-corrected chi connectivity index (χ1v) is 9.76. The fourth-order valence-corrected chi connectivity index (χ4v) is 4.09. The van der Waals surface area contributed by atoms with E-state index in [1.165, 1.54) is 5.56 Å². The van der Waals surface area contributed by atoms with Crippen molar-refractivity contribution >= 4 is 10.8 Å². The lowest BCUT2D eigenvalue weighted by atomic mass is 10.00. The van der Waals surface area contributed by atoms with Crippen molar-refractivity contribution in [1.82, 2.24) is 9.88 Å². The molecule has 7 heteroatoms. The summed E-state index contributed by atoms with van der Waals surface area (Å²) in [5, 5.41) is 2.02.